The number of carbonyl (C=O) groups excluding carboxylic acids is 1. The number of amides is 1. The first-order valence-electron chi connectivity index (χ1n) is 6.76. The summed E-state index contributed by atoms with van der Waals surface area (Å²) in [4.78, 5) is 24.1. The molecule has 0 aliphatic carbocycles. The molecule has 0 radical (unpaired) electrons. The van der Waals surface area contributed by atoms with Gasteiger partial charge in [0, 0.05) is 32.3 Å². The molecule has 7 heteroatoms. The fourth-order valence-electron chi connectivity index (χ4n) is 2.42. The highest BCUT2D eigenvalue weighted by Crippen LogP contribution is 2.24. The molecule has 114 valence electrons. The number of nitrogens with zero attached hydrogens (tertiary/aromatic N) is 2. The predicted molar refractivity (Wildman–Crippen MR) is 78.6 cm³/mol. The van der Waals surface area contributed by atoms with Crippen molar-refractivity contribution in [2.24, 2.45) is 5.92 Å². The highest BCUT2D eigenvalue weighted by molar-refractivity contribution is 6.34. The number of halogens is 1. The van der Waals surface area contributed by atoms with Crippen LogP contribution in [0.4, 0.5) is 5.69 Å². The van der Waals surface area contributed by atoms with E-state index in [1.54, 1.807) is 11.9 Å². The third kappa shape index (κ3) is 3.92. The molecule has 6 nitrogen and oxygen atoms in total. The van der Waals surface area contributed by atoms with E-state index in [4.69, 9.17) is 16.3 Å². The van der Waals surface area contributed by atoms with Crippen LogP contribution in [0.2, 0.25) is 5.02 Å². The summed E-state index contributed by atoms with van der Waals surface area (Å²) in [5.41, 5.74) is 0.154. The number of carbonyl (C=O) groups is 1. The number of hydrogen-bond donors (Lipinski definition) is 0. The monoisotopic (exact) mass is 312 g/mol. The van der Waals surface area contributed by atoms with Crippen LogP contribution in [0.15, 0.2) is 18.2 Å². The van der Waals surface area contributed by atoms with Crippen molar-refractivity contribution in [1.82, 2.24) is 4.90 Å². The highest BCUT2D eigenvalue weighted by Gasteiger charge is 2.22. The van der Waals surface area contributed by atoms with Gasteiger partial charge in [-0.15, -0.1) is 0 Å². The third-order valence-electron chi connectivity index (χ3n) is 3.53. The second-order valence-electron chi connectivity index (χ2n) is 5.19. The van der Waals surface area contributed by atoms with E-state index in [0.29, 0.717) is 19.1 Å². The van der Waals surface area contributed by atoms with Crippen molar-refractivity contribution in [3.63, 3.8) is 0 Å². The summed E-state index contributed by atoms with van der Waals surface area (Å²) in [6, 6.07) is 3.89. The minimum atomic E-state index is -0.538. The molecule has 0 bridgehead atoms. The van der Waals surface area contributed by atoms with Crippen molar-refractivity contribution in [2.75, 3.05) is 26.8 Å². The molecule has 0 spiro atoms. The molecule has 0 aromatic heterocycles. The second-order valence-corrected chi connectivity index (χ2v) is 5.60. The van der Waals surface area contributed by atoms with E-state index >= 15 is 0 Å². The van der Waals surface area contributed by atoms with E-state index in [1.807, 2.05) is 0 Å². The Morgan fingerprint density at radius 2 is 2.33 bits per heavy atom. The van der Waals surface area contributed by atoms with Crippen LogP contribution in [-0.2, 0) is 4.74 Å². The maximum atomic E-state index is 12.4. The van der Waals surface area contributed by atoms with Crippen molar-refractivity contribution in [3.05, 3.63) is 38.9 Å². The number of hydrogen-bond acceptors (Lipinski definition) is 4. The first kappa shape index (κ1) is 15.7. The Labute approximate surface area is 127 Å². The predicted octanol–water partition coefficient (Wildman–Crippen LogP) is 2.75. The molecule has 1 atom stereocenters. The van der Waals surface area contributed by atoms with Crippen LogP contribution in [0.3, 0.4) is 0 Å². The minimum absolute atomic E-state index is 0.0981. The van der Waals surface area contributed by atoms with Crippen LogP contribution < -0.4 is 0 Å². The number of benzene rings is 1. The fraction of sp³-hybridized carbons (Fsp3) is 0.500. The lowest BCUT2D eigenvalue weighted by Gasteiger charge is -2.27. The van der Waals surface area contributed by atoms with Gasteiger partial charge >= 0.3 is 0 Å². The van der Waals surface area contributed by atoms with Crippen LogP contribution in [0, 0.1) is 16.0 Å². The zero-order chi connectivity index (χ0) is 15.4. The maximum Gasteiger partial charge on any atom is 0.270 e. The SMILES string of the molecule is CN(CC1CCCOC1)C(=O)c1ccc([N+](=O)[O-])cc1Cl. The molecule has 1 heterocycles. The lowest BCUT2D eigenvalue weighted by atomic mass is 10.0. The van der Waals surface area contributed by atoms with Crippen molar-refractivity contribution >= 4 is 23.2 Å². The molecule has 1 unspecified atom stereocenters. The Bertz CT molecular complexity index is 544. The zero-order valence-corrected chi connectivity index (χ0v) is 12.5. The molecule has 1 amide bonds. The fourth-order valence-corrected chi connectivity index (χ4v) is 2.67. The third-order valence-corrected chi connectivity index (χ3v) is 3.84. The minimum Gasteiger partial charge on any atom is -0.381 e. The van der Waals surface area contributed by atoms with Crippen molar-refractivity contribution in [3.8, 4) is 0 Å². The Balaban J connectivity index is 2.06. The summed E-state index contributed by atoms with van der Waals surface area (Å²) in [5, 5.41) is 10.8. The quantitative estimate of drug-likeness (QED) is 0.633. The normalized spacial score (nSPS) is 18.3. The van der Waals surface area contributed by atoms with E-state index in [1.165, 1.54) is 18.2 Å². The lowest BCUT2D eigenvalue weighted by molar-refractivity contribution is -0.384. The molecule has 0 saturated carbocycles. The van der Waals surface area contributed by atoms with Gasteiger partial charge in [0.25, 0.3) is 11.6 Å². The van der Waals surface area contributed by atoms with E-state index in [2.05, 4.69) is 0 Å². The lowest BCUT2D eigenvalue weighted by Crippen LogP contribution is -2.35. The van der Waals surface area contributed by atoms with Gasteiger partial charge in [-0.3, -0.25) is 14.9 Å². The Morgan fingerprint density at radius 3 is 2.90 bits per heavy atom. The van der Waals surface area contributed by atoms with E-state index < -0.39 is 4.92 Å². The van der Waals surface area contributed by atoms with Crippen molar-refractivity contribution < 1.29 is 14.5 Å². The molecule has 21 heavy (non-hydrogen) atoms. The van der Waals surface area contributed by atoms with Gasteiger partial charge in [-0.05, 0) is 24.8 Å². The summed E-state index contributed by atoms with van der Waals surface area (Å²) in [6.07, 6.45) is 2.04. The molecule has 1 fully saturated rings. The van der Waals surface area contributed by atoms with Gasteiger partial charge in [-0.25, -0.2) is 0 Å². The van der Waals surface area contributed by atoms with Gasteiger partial charge in [0.2, 0.25) is 0 Å². The largest absolute Gasteiger partial charge is 0.381 e. The van der Waals surface area contributed by atoms with Crippen LogP contribution in [0.1, 0.15) is 23.2 Å². The molecule has 1 aromatic rings. The Hall–Kier alpha value is -1.66. The second kappa shape index (κ2) is 6.87. The standard InChI is InChI=1S/C14H17ClN2O4/c1-16(8-10-3-2-6-21-9-10)14(18)12-5-4-11(17(19)20)7-13(12)15/h4-5,7,10H,2-3,6,8-9H2,1H3. The molecule has 1 aromatic carbocycles. The summed E-state index contributed by atoms with van der Waals surface area (Å²) in [5.74, 6) is 0.0880. The zero-order valence-electron chi connectivity index (χ0n) is 11.8. The van der Waals surface area contributed by atoms with Crippen LogP contribution in [-0.4, -0.2) is 42.5 Å². The first-order chi connectivity index (χ1) is 9.99. The van der Waals surface area contributed by atoms with Gasteiger partial charge in [0.1, 0.15) is 0 Å². The maximum absolute atomic E-state index is 12.4. The van der Waals surface area contributed by atoms with Gasteiger partial charge < -0.3 is 9.64 Å². The van der Waals surface area contributed by atoms with Gasteiger partial charge in [-0.2, -0.15) is 0 Å². The summed E-state index contributed by atoms with van der Waals surface area (Å²) < 4.78 is 5.40. The van der Waals surface area contributed by atoms with Crippen molar-refractivity contribution in [2.45, 2.75) is 12.8 Å². The molecule has 2 rings (SSSR count). The number of rotatable bonds is 4. The topological polar surface area (TPSA) is 72.7 Å². The number of nitro benzene ring substituents is 1. The average molecular weight is 313 g/mol. The van der Waals surface area contributed by atoms with Gasteiger partial charge in [-0.1, -0.05) is 11.6 Å². The molecule has 1 aliphatic rings. The van der Waals surface area contributed by atoms with E-state index in [9.17, 15) is 14.9 Å². The molecule has 1 aliphatic heterocycles. The molecule has 0 N–H and O–H groups in total. The molecule has 1 saturated heterocycles. The summed E-state index contributed by atoms with van der Waals surface area (Å²) >= 11 is 5.98. The van der Waals surface area contributed by atoms with Gasteiger partial charge in [0.05, 0.1) is 22.1 Å². The average Bonchev–Trinajstić information content (AvgIpc) is 2.47. The number of nitro groups is 1. The highest BCUT2D eigenvalue weighted by atomic mass is 35.5. The number of ether oxygens (including phenoxy) is 1. The smallest absolute Gasteiger partial charge is 0.270 e. The summed E-state index contributed by atoms with van der Waals surface area (Å²) in [6.45, 7) is 2.03. The molecular weight excluding hydrogens is 296 g/mol. The van der Waals surface area contributed by atoms with Gasteiger partial charge in [0.15, 0.2) is 0 Å². The molecular formula is C14H17ClN2O4. The Kier molecular flexibility index (Phi) is 5.14. The Morgan fingerprint density at radius 1 is 1.57 bits per heavy atom. The van der Waals surface area contributed by atoms with Crippen LogP contribution in [0.25, 0.3) is 0 Å². The van der Waals surface area contributed by atoms with E-state index in [0.717, 1.165) is 19.4 Å². The van der Waals surface area contributed by atoms with Crippen LogP contribution >= 0.6 is 11.6 Å². The van der Waals surface area contributed by atoms with Crippen LogP contribution in [0.5, 0.6) is 0 Å². The number of non-ortho nitro benzene ring substituents is 1. The van der Waals surface area contributed by atoms with E-state index in [-0.39, 0.29) is 22.2 Å². The first-order valence-corrected chi connectivity index (χ1v) is 7.14. The summed E-state index contributed by atoms with van der Waals surface area (Å²) in [7, 11) is 1.70. The van der Waals surface area contributed by atoms with Crippen molar-refractivity contribution in [1.29, 1.82) is 0 Å².